The Balaban J connectivity index is 2.64. The van der Waals surface area contributed by atoms with Crippen molar-refractivity contribution in [2.75, 3.05) is 6.61 Å². The second-order valence-electron chi connectivity index (χ2n) is 4.32. The average molecular weight is 266 g/mol. The first-order valence-corrected chi connectivity index (χ1v) is 6.73. The number of rotatable bonds is 7. The van der Waals surface area contributed by atoms with Crippen molar-refractivity contribution in [2.45, 2.75) is 46.2 Å². The standard InChI is InChI=1S/C14H22N2O3/c1-4-11(5-2)15-13(17)10-16-9-7-8-12(16)14(18)19-6-3/h7-9,11H,4-6,10H2,1-3H3,(H,15,17). The highest BCUT2D eigenvalue weighted by molar-refractivity contribution is 5.88. The van der Waals surface area contributed by atoms with Crippen LogP contribution in [0.2, 0.25) is 0 Å². The van der Waals surface area contributed by atoms with Crippen molar-refractivity contribution in [2.24, 2.45) is 0 Å². The molecule has 0 spiro atoms. The monoisotopic (exact) mass is 266 g/mol. The molecule has 0 aliphatic rings. The number of nitrogens with one attached hydrogen (secondary N) is 1. The topological polar surface area (TPSA) is 60.3 Å². The number of aromatic nitrogens is 1. The lowest BCUT2D eigenvalue weighted by molar-refractivity contribution is -0.122. The number of nitrogens with zero attached hydrogens (tertiary/aromatic N) is 1. The molecule has 0 saturated heterocycles. The van der Waals surface area contributed by atoms with Crippen LogP contribution < -0.4 is 5.32 Å². The van der Waals surface area contributed by atoms with Gasteiger partial charge in [0.1, 0.15) is 12.2 Å². The molecule has 0 radical (unpaired) electrons. The molecule has 1 aromatic rings. The van der Waals surface area contributed by atoms with Gasteiger partial charge in [-0.3, -0.25) is 4.79 Å². The Morgan fingerprint density at radius 1 is 1.32 bits per heavy atom. The lowest BCUT2D eigenvalue weighted by Crippen LogP contribution is -2.36. The Morgan fingerprint density at radius 3 is 2.58 bits per heavy atom. The molecule has 0 unspecified atom stereocenters. The molecule has 19 heavy (non-hydrogen) atoms. The van der Waals surface area contributed by atoms with Crippen molar-refractivity contribution in [1.29, 1.82) is 0 Å². The summed E-state index contributed by atoms with van der Waals surface area (Å²) in [4.78, 5) is 23.6. The van der Waals surface area contributed by atoms with Gasteiger partial charge >= 0.3 is 5.97 Å². The third-order valence-electron chi connectivity index (χ3n) is 2.98. The van der Waals surface area contributed by atoms with Gasteiger partial charge in [-0.05, 0) is 31.9 Å². The second-order valence-corrected chi connectivity index (χ2v) is 4.32. The van der Waals surface area contributed by atoms with Gasteiger partial charge in [-0.25, -0.2) is 4.79 Å². The first-order valence-electron chi connectivity index (χ1n) is 6.73. The molecule has 1 heterocycles. The molecule has 1 aromatic heterocycles. The zero-order chi connectivity index (χ0) is 14.3. The summed E-state index contributed by atoms with van der Waals surface area (Å²) in [5, 5.41) is 2.94. The second kappa shape index (κ2) is 7.61. The summed E-state index contributed by atoms with van der Waals surface area (Å²) in [6.45, 7) is 6.29. The third-order valence-corrected chi connectivity index (χ3v) is 2.98. The summed E-state index contributed by atoms with van der Waals surface area (Å²) >= 11 is 0. The van der Waals surface area contributed by atoms with Crippen LogP contribution in [-0.4, -0.2) is 29.1 Å². The van der Waals surface area contributed by atoms with Gasteiger partial charge in [0.25, 0.3) is 0 Å². The molecule has 0 bridgehead atoms. The lowest BCUT2D eigenvalue weighted by Gasteiger charge is -2.15. The van der Waals surface area contributed by atoms with Crippen molar-refractivity contribution >= 4 is 11.9 Å². The molecule has 1 rings (SSSR count). The van der Waals surface area contributed by atoms with Crippen molar-refractivity contribution in [3.8, 4) is 0 Å². The van der Waals surface area contributed by atoms with Gasteiger partial charge in [0.15, 0.2) is 0 Å². The number of carbonyl (C=O) groups is 2. The van der Waals surface area contributed by atoms with Gasteiger partial charge in [-0.15, -0.1) is 0 Å². The van der Waals surface area contributed by atoms with Crippen LogP contribution in [0.15, 0.2) is 18.3 Å². The van der Waals surface area contributed by atoms with E-state index in [1.54, 1.807) is 29.8 Å². The Hall–Kier alpha value is -1.78. The van der Waals surface area contributed by atoms with E-state index in [-0.39, 0.29) is 18.5 Å². The number of ether oxygens (including phenoxy) is 1. The molecule has 0 aliphatic carbocycles. The van der Waals surface area contributed by atoms with Crippen LogP contribution in [-0.2, 0) is 16.1 Å². The van der Waals surface area contributed by atoms with Crippen LogP contribution in [0.1, 0.15) is 44.1 Å². The molecule has 0 aromatic carbocycles. The maximum absolute atomic E-state index is 11.9. The Bertz CT molecular complexity index is 422. The summed E-state index contributed by atoms with van der Waals surface area (Å²) in [6, 6.07) is 3.58. The van der Waals surface area contributed by atoms with Crippen LogP contribution in [0.25, 0.3) is 0 Å². The minimum Gasteiger partial charge on any atom is -0.461 e. The lowest BCUT2D eigenvalue weighted by atomic mass is 10.2. The number of hydrogen-bond donors (Lipinski definition) is 1. The molecular formula is C14H22N2O3. The van der Waals surface area contributed by atoms with E-state index in [0.717, 1.165) is 12.8 Å². The van der Waals surface area contributed by atoms with Crippen LogP contribution in [0, 0.1) is 0 Å². The molecule has 0 fully saturated rings. The Kier molecular flexibility index (Phi) is 6.12. The Labute approximate surface area is 113 Å². The maximum atomic E-state index is 11.9. The molecule has 0 atom stereocenters. The maximum Gasteiger partial charge on any atom is 0.354 e. The smallest absolute Gasteiger partial charge is 0.354 e. The van der Waals surface area contributed by atoms with E-state index in [9.17, 15) is 9.59 Å². The van der Waals surface area contributed by atoms with Gasteiger partial charge in [-0.2, -0.15) is 0 Å². The predicted octanol–water partition coefficient (Wildman–Crippen LogP) is 1.97. The fraction of sp³-hybridized carbons (Fsp3) is 0.571. The van der Waals surface area contributed by atoms with Gasteiger partial charge in [0.2, 0.25) is 5.91 Å². The highest BCUT2D eigenvalue weighted by atomic mass is 16.5. The van der Waals surface area contributed by atoms with E-state index in [4.69, 9.17) is 4.74 Å². The largest absolute Gasteiger partial charge is 0.461 e. The van der Waals surface area contributed by atoms with E-state index in [1.165, 1.54) is 0 Å². The molecule has 106 valence electrons. The zero-order valence-electron chi connectivity index (χ0n) is 11.8. The van der Waals surface area contributed by atoms with Crippen molar-refractivity contribution in [3.63, 3.8) is 0 Å². The van der Waals surface area contributed by atoms with Crippen LogP contribution in [0.5, 0.6) is 0 Å². The van der Waals surface area contributed by atoms with E-state index in [0.29, 0.717) is 12.3 Å². The molecule has 5 nitrogen and oxygen atoms in total. The van der Waals surface area contributed by atoms with E-state index in [1.807, 2.05) is 13.8 Å². The summed E-state index contributed by atoms with van der Waals surface area (Å²) in [5.74, 6) is -0.488. The minimum absolute atomic E-state index is 0.0875. The van der Waals surface area contributed by atoms with Crippen LogP contribution >= 0.6 is 0 Å². The normalized spacial score (nSPS) is 10.5. The van der Waals surface area contributed by atoms with Gasteiger partial charge in [0.05, 0.1) is 6.61 Å². The number of hydrogen-bond acceptors (Lipinski definition) is 3. The minimum atomic E-state index is -0.400. The van der Waals surface area contributed by atoms with Crippen LogP contribution in [0.3, 0.4) is 0 Å². The van der Waals surface area contributed by atoms with Crippen molar-refractivity contribution in [1.82, 2.24) is 9.88 Å². The van der Waals surface area contributed by atoms with E-state index >= 15 is 0 Å². The first kappa shape index (κ1) is 15.3. The predicted molar refractivity (Wildman–Crippen MR) is 72.9 cm³/mol. The fourth-order valence-electron chi connectivity index (χ4n) is 1.86. The quantitative estimate of drug-likeness (QED) is 0.768. The molecule has 1 N–H and O–H groups in total. The highest BCUT2D eigenvalue weighted by Gasteiger charge is 2.15. The highest BCUT2D eigenvalue weighted by Crippen LogP contribution is 2.05. The zero-order valence-corrected chi connectivity index (χ0v) is 11.8. The van der Waals surface area contributed by atoms with Gasteiger partial charge in [-0.1, -0.05) is 13.8 Å². The number of carbonyl (C=O) groups excluding carboxylic acids is 2. The SMILES string of the molecule is CCOC(=O)c1cccn1CC(=O)NC(CC)CC. The van der Waals surface area contributed by atoms with E-state index in [2.05, 4.69) is 5.32 Å². The molecule has 0 aliphatic heterocycles. The van der Waals surface area contributed by atoms with Crippen LogP contribution in [0.4, 0.5) is 0 Å². The average Bonchev–Trinajstić information content (AvgIpc) is 2.84. The molecular weight excluding hydrogens is 244 g/mol. The van der Waals surface area contributed by atoms with Crippen molar-refractivity contribution in [3.05, 3.63) is 24.0 Å². The summed E-state index contributed by atoms with van der Waals surface area (Å²) in [5.41, 5.74) is 0.404. The molecule has 5 heteroatoms. The molecule has 0 saturated carbocycles. The van der Waals surface area contributed by atoms with Gasteiger partial charge < -0.3 is 14.6 Å². The van der Waals surface area contributed by atoms with E-state index < -0.39 is 5.97 Å². The molecule has 1 amide bonds. The third kappa shape index (κ3) is 4.43. The first-order chi connectivity index (χ1) is 9.12. The number of amides is 1. The van der Waals surface area contributed by atoms with Gasteiger partial charge in [0, 0.05) is 12.2 Å². The fourth-order valence-corrected chi connectivity index (χ4v) is 1.86. The summed E-state index contributed by atoms with van der Waals surface area (Å²) in [6.07, 6.45) is 3.51. The summed E-state index contributed by atoms with van der Waals surface area (Å²) < 4.78 is 6.55. The summed E-state index contributed by atoms with van der Waals surface area (Å²) in [7, 11) is 0. The Morgan fingerprint density at radius 2 is 2.00 bits per heavy atom. The van der Waals surface area contributed by atoms with Crippen molar-refractivity contribution < 1.29 is 14.3 Å². The number of esters is 1.